The molecule has 18 nitrogen and oxygen atoms in total. The number of rotatable bonds is 4. The molecule has 1 aromatic heterocycles. The lowest BCUT2D eigenvalue weighted by Gasteiger charge is -2.16. The predicted molar refractivity (Wildman–Crippen MR) is 174 cm³/mol. The number of hydrogen-bond acceptors (Lipinski definition) is 14. The lowest BCUT2D eigenvalue weighted by atomic mass is 9.99. The molecule has 0 bridgehead atoms. The highest BCUT2D eigenvalue weighted by molar-refractivity contribution is 7.91. The molecule has 0 amide bonds. The molecule has 6 aromatic carbocycles. The SMILES string of the molecule is O=c1c2ccccc2c(=O)c2c1ccc1nc3c(ccc4c(=O)c5c(S(=O)(=O)O)c(S(=O)(=O)O)c(S(=O)(=O)O)c(S(=O)(=O)O)c5c(=O)c43)nc12. The van der Waals surface area contributed by atoms with E-state index < -0.39 is 109 Å². The Morgan fingerprint density at radius 2 is 0.720 bits per heavy atom. The zero-order chi connectivity index (χ0) is 36.6. The lowest BCUT2D eigenvalue weighted by Crippen LogP contribution is -2.25. The van der Waals surface area contributed by atoms with Crippen molar-refractivity contribution < 1.29 is 51.9 Å². The Kier molecular flexibility index (Phi) is 6.78. The first-order chi connectivity index (χ1) is 23.0. The molecule has 1 heterocycles. The minimum atomic E-state index is -6.38. The summed E-state index contributed by atoms with van der Waals surface area (Å²) in [5.41, 5.74) is -5.90. The summed E-state index contributed by atoms with van der Waals surface area (Å²) in [7, 11) is -25.2. The third-order valence-electron chi connectivity index (χ3n) is 7.95. The monoisotopic (exact) mass is 760 g/mol. The van der Waals surface area contributed by atoms with Crippen molar-refractivity contribution in [1.29, 1.82) is 0 Å². The highest BCUT2D eigenvalue weighted by Gasteiger charge is 2.43. The Bertz CT molecular complexity index is 3500. The lowest BCUT2D eigenvalue weighted by molar-refractivity contribution is 0.449. The predicted octanol–water partition coefficient (Wildman–Crippen LogP) is 0.699. The molecule has 7 aromatic rings. The van der Waals surface area contributed by atoms with E-state index in [2.05, 4.69) is 9.97 Å². The molecule has 7 rings (SSSR count). The maximum atomic E-state index is 14.2. The fourth-order valence-corrected chi connectivity index (χ4v) is 11.1. The van der Waals surface area contributed by atoms with Crippen LogP contribution in [0.3, 0.4) is 0 Å². The number of aromatic nitrogens is 2. The van der Waals surface area contributed by atoms with Gasteiger partial charge in [-0.1, -0.05) is 24.3 Å². The van der Waals surface area contributed by atoms with Crippen molar-refractivity contribution in [3.63, 3.8) is 0 Å². The van der Waals surface area contributed by atoms with E-state index in [0.717, 1.165) is 12.1 Å². The molecule has 0 aliphatic heterocycles. The molecule has 0 unspecified atom stereocenters. The molecule has 0 aliphatic carbocycles. The second-order valence-corrected chi connectivity index (χ2v) is 16.2. The van der Waals surface area contributed by atoms with E-state index in [0.29, 0.717) is 0 Å². The van der Waals surface area contributed by atoms with Crippen LogP contribution in [-0.4, -0.2) is 61.9 Å². The van der Waals surface area contributed by atoms with Crippen LogP contribution >= 0.6 is 0 Å². The van der Waals surface area contributed by atoms with Crippen molar-refractivity contribution in [3.05, 3.63) is 89.4 Å². The molecule has 0 fully saturated rings. The smallest absolute Gasteiger partial charge is 0.289 e. The second-order valence-electron chi connectivity index (χ2n) is 10.8. The highest BCUT2D eigenvalue weighted by Crippen LogP contribution is 2.40. The molecule has 0 saturated carbocycles. The Hall–Kier alpha value is -5.20. The first kappa shape index (κ1) is 33.3. The van der Waals surface area contributed by atoms with Gasteiger partial charge in [-0.3, -0.25) is 37.4 Å². The first-order valence-corrected chi connectivity index (χ1v) is 19.0. The molecule has 22 heteroatoms. The first-order valence-electron chi connectivity index (χ1n) is 13.2. The zero-order valence-electron chi connectivity index (χ0n) is 23.8. The summed E-state index contributed by atoms with van der Waals surface area (Å²) in [5, 5.41) is -5.44. The summed E-state index contributed by atoms with van der Waals surface area (Å²) in [6, 6.07) is 10.2. The van der Waals surface area contributed by atoms with Crippen LogP contribution in [0.1, 0.15) is 0 Å². The van der Waals surface area contributed by atoms with Gasteiger partial charge >= 0.3 is 0 Å². The standard InChI is InChI=1S/C28H12N2O16S4/c31-21-9-3-1-2-4-10(9)22(32)15-11(21)5-7-13-19(15)29-14-8-6-12-16(20(14)30-13)24(34)18-17(23(12)33)25(47(35,36)37)27(49(41,42)43)28(50(44,45)46)26(18)48(38,39)40/h1-8H,(H,35,36,37)(H,38,39,40)(H,41,42,43)(H,44,45,46). The van der Waals surface area contributed by atoms with Gasteiger partial charge in [-0.05, 0) is 24.3 Å². The average molecular weight is 761 g/mol. The number of nitrogens with zero attached hydrogens (tertiary/aromatic N) is 2. The van der Waals surface area contributed by atoms with Crippen molar-refractivity contribution in [2.75, 3.05) is 0 Å². The van der Waals surface area contributed by atoms with Gasteiger partial charge in [0.15, 0.2) is 21.7 Å². The van der Waals surface area contributed by atoms with Crippen molar-refractivity contribution in [2.24, 2.45) is 0 Å². The Morgan fingerprint density at radius 3 is 1.14 bits per heavy atom. The van der Waals surface area contributed by atoms with E-state index in [1.54, 1.807) is 6.07 Å². The van der Waals surface area contributed by atoms with Gasteiger partial charge in [-0.15, -0.1) is 0 Å². The van der Waals surface area contributed by atoms with Crippen molar-refractivity contribution in [3.8, 4) is 0 Å². The van der Waals surface area contributed by atoms with E-state index in [1.165, 1.54) is 30.3 Å². The van der Waals surface area contributed by atoms with Crippen LogP contribution in [0.4, 0.5) is 0 Å². The van der Waals surface area contributed by atoms with Gasteiger partial charge in [0, 0.05) is 21.5 Å². The summed E-state index contributed by atoms with van der Waals surface area (Å²) in [5.74, 6) is 0. The summed E-state index contributed by atoms with van der Waals surface area (Å²) >= 11 is 0. The third-order valence-corrected chi connectivity index (χ3v) is 12.0. The van der Waals surface area contributed by atoms with Gasteiger partial charge in [0.2, 0.25) is 0 Å². The van der Waals surface area contributed by atoms with Crippen LogP contribution in [0.25, 0.3) is 65.2 Å². The van der Waals surface area contributed by atoms with Gasteiger partial charge in [-0.2, -0.15) is 33.7 Å². The van der Waals surface area contributed by atoms with Crippen molar-refractivity contribution in [1.82, 2.24) is 9.97 Å². The average Bonchev–Trinajstić information content (AvgIpc) is 3.01. The van der Waals surface area contributed by atoms with Gasteiger partial charge in [0.05, 0.1) is 32.6 Å². The van der Waals surface area contributed by atoms with E-state index in [4.69, 9.17) is 0 Å². The maximum absolute atomic E-state index is 14.2. The van der Waals surface area contributed by atoms with Gasteiger partial charge < -0.3 is 0 Å². The largest absolute Gasteiger partial charge is 0.297 e. The molecule has 4 N–H and O–H groups in total. The van der Waals surface area contributed by atoms with Crippen LogP contribution in [0, 0.1) is 0 Å². The molecule has 254 valence electrons. The number of fused-ring (bicyclic) bond motifs is 8. The quantitative estimate of drug-likeness (QED) is 0.109. The Balaban J connectivity index is 1.81. The summed E-state index contributed by atoms with van der Waals surface area (Å²) < 4.78 is 140. The number of hydrogen-bond donors (Lipinski definition) is 4. The fraction of sp³-hybridized carbons (Fsp3) is 0. The second kappa shape index (κ2) is 10.2. The van der Waals surface area contributed by atoms with Crippen molar-refractivity contribution >= 4 is 106 Å². The van der Waals surface area contributed by atoms with E-state index >= 15 is 0 Å². The minimum absolute atomic E-state index is 0.0455. The van der Waals surface area contributed by atoms with E-state index in [1.807, 2.05) is 0 Å². The van der Waals surface area contributed by atoms with Crippen molar-refractivity contribution in [2.45, 2.75) is 19.6 Å². The minimum Gasteiger partial charge on any atom is -0.289 e. The molecular weight excluding hydrogens is 749 g/mol. The van der Waals surface area contributed by atoms with Crippen LogP contribution in [0.5, 0.6) is 0 Å². The molecule has 0 radical (unpaired) electrons. The van der Waals surface area contributed by atoms with E-state index in [9.17, 15) is 71.1 Å². The topological polar surface area (TPSA) is 312 Å². The molecule has 0 aliphatic rings. The Labute approximate surface area is 275 Å². The van der Waals surface area contributed by atoms with Crippen LogP contribution < -0.4 is 21.7 Å². The summed E-state index contributed by atoms with van der Waals surface area (Å²) in [4.78, 5) is 53.7. The van der Waals surface area contributed by atoms with Gasteiger partial charge in [0.25, 0.3) is 40.5 Å². The normalized spacial score (nSPS) is 13.4. The highest BCUT2D eigenvalue weighted by atomic mass is 32.2. The molecule has 0 saturated heterocycles. The van der Waals surface area contributed by atoms with Gasteiger partial charge in [-0.25, -0.2) is 9.97 Å². The third kappa shape index (κ3) is 4.58. The molecule has 50 heavy (non-hydrogen) atoms. The van der Waals surface area contributed by atoms with E-state index in [-0.39, 0.29) is 38.1 Å². The Morgan fingerprint density at radius 1 is 0.380 bits per heavy atom. The zero-order valence-corrected chi connectivity index (χ0v) is 27.1. The molecule has 0 spiro atoms. The fourth-order valence-electron chi connectivity index (χ4n) is 6.12. The molecule has 0 atom stereocenters. The van der Waals surface area contributed by atoms with Crippen LogP contribution in [-0.2, 0) is 40.5 Å². The number of benzene rings is 6. The summed E-state index contributed by atoms with van der Waals surface area (Å²) in [6.45, 7) is 0. The molecular formula is C28H12N2O16S4. The van der Waals surface area contributed by atoms with Crippen LogP contribution in [0.15, 0.2) is 87.3 Å². The van der Waals surface area contributed by atoms with Crippen LogP contribution in [0.2, 0.25) is 0 Å². The van der Waals surface area contributed by atoms with Gasteiger partial charge in [0.1, 0.15) is 30.6 Å². The maximum Gasteiger partial charge on any atom is 0.297 e. The summed E-state index contributed by atoms with van der Waals surface area (Å²) in [6.07, 6.45) is 0.